The van der Waals surface area contributed by atoms with Gasteiger partial charge in [-0.15, -0.1) is 0 Å². The molecule has 2 N–H and O–H groups in total. The lowest BCUT2D eigenvalue weighted by molar-refractivity contribution is -0.190. The monoisotopic (exact) mass is 495 g/mol. The summed E-state index contributed by atoms with van der Waals surface area (Å²) in [6, 6.07) is 0. The van der Waals surface area contributed by atoms with Crippen molar-refractivity contribution in [1.29, 1.82) is 0 Å². The second-order valence-electron chi connectivity index (χ2n) is 10.9. The highest BCUT2D eigenvalue weighted by atomic mass is 16.6. The summed E-state index contributed by atoms with van der Waals surface area (Å²) < 4.78 is 11.3. The molecule has 0 radical (unpaired) electrons. The minimum Gasteiger partial charge on any atom is -0.462 e. The smallest absolute Gasteiger partial charge is 0.318 e. The summed E-state index contributed by atoms with van der Waals surface area (Å²) in [5.41, 5.74) is 5.51. The van der Waals surface area contributed by atoms with E-state index in [2.05, 4.69) is 13.8 Å². The fraction of sp³-hybridized carbons (Fsp3) is 0.897. The third-order valence-corrected chi connectivity index (χ3v) is 7.13. The molecular weight excluding hydrogens is 442 g/mol. The Kier molecular flexibility index (Phi) is 16.8. The lowest BCUT2D eigenvalue weighted by atomic mass is 9.86. The number of amides is 1. The largest absolute Gasteiger partial charge is 0.462 e. The molecule has 0 bridgehead atoms. The average molecular weight is 496 g/mol. The predicted molar refractivity (Wildman–Crippen MR) is 141 cm³/mol. The van der Waals surface area contributed by atoms with Crippen LogP contribution in [0.5, 0.6) is 0 Å². The molecule has 6 heteroatoms. The molecular formula is C29H53NO5. The van der Waals surface area contributed by atoms with Crippen LogP contribution in [-0.4, -0.2) is 30.1 Å². The van der Waals surface area contributed by atoms with Gasteiger partial charge >= 0.3 is 11.9 Å². The van der Waals surface area contributed by atoms with Gasteiger partial charge in [0.1, 0.15) is 18.1 Å². The van der Waals surface area contributed by atoms with Crippen molar-refractivity contribution in [2.24, 2.45) is 23.5 Å². The molecule has 1 rings (SSSR count). The summed E-state index contributed by atoms with van der Waals surface area (Å²) in [6.45, 7) is 8.32. The van der Waals surface area contributed by atoms with Crippen molar-refractivity contribution in [3.8, 4) is 0 Å². The molecule has 1 amide bonds. The standard InChI is InChI=1S/C29H53NO5/c1-5-7-9-11-12-13-14-15-16-18-23(34-29(33)25(27(30)31)20-22(3)4)21-26-24(28(32)35-26)19-17-10-8-6-2/h22-26H,5-21H2,1-4H3,(H2,30,31)/t23-,24-,25?,26-/m0/s1. The summed E-state index contributed by atoms with van der Waals surface area (Å²) in [6.07, 6.45) is 17.4. The molecule has 204 valence electrons. The van der Waals surface area contributed by atoms with Gasteiger partial charge in [-0.3, -0.25) is 14.4 Å². The highest BCUT2D eigenvalue weighted by molar-refractivity contribution is 5.97. The fourth-order valence-electron chi connectivity index (χ4n) is 4.92. The third-order valence-electron chi connectivity index (χ3n) is 7.13. The number of hydrogen-bond donors (Lipinski definition) is 1. The average Bonchev–Trinajstić information content (AvgIpc) is 2.80. The molecule has 1 aliphatic rings. The number of carbonyl (C=O) groups is 3. The summed E-state index contributed by atoms with van der Waals surface area (Å²) in [5.74, 6) is -2.15. The molecule has 0 aromatic heterocycles. The van der Waals surface area contributed by atoms with E-state index in [0.29, 0.717) is 12.8 Å². The molecule has 1 unspecified atom stereocenters. The summed E-state index contributed by atoms with van der Waals surface area (Å²) in [5, 5.41) is 0. The zero-order valence-electron chi connectivity index (χ0n) is 23.0. The van der Waals surface area contributed by atoms with E-state index in [9.17, 15) is 14.4 Å². The van der Waals surface area contributed by atoms with E-state index in [4.69, 9.17) is 15.2 Å². The van der Waals surface area contributed by atoms with Crippen LogP contribution >= 0.6 is 0 Å². The number of ether oxygens (including phenoxy) is 2. The summed E-state index contributed by atoms with van der Waals surface area (Å²) in [7, 11) is 0. The van der Waals surface area contributed by atoms with Gasteiger partial charge in [0.25, 0.3) is 0 Å². The summed E-state index contributed by atoms with van der Waals surface area (Å²) in [4.78, 5) is 36.8. The van der Waals surface area contributed by atoms with Crippen LogP contribution in [0, 0.1) is 17.8 Å². The Morgan fingerprint density at radius 2 is 1.43 bits per heavy atom. The van der Waals surface area contributed by atoms with E-state index in [0.717, 1.165) is 44.9 Å². The van der Waals surface area contributed by atoms with Crippen molar-refractivity contribution in [2.45, 2.75) is 149 Å². The topological polar surface area (TPSA) is 95.7 Å². The van der Waals surface area contributed by atoms with Crippen molar-refractivity contribution >= 4 is 17.8 Å². The molecule has 1 fully saturated rings. The van der Waals surface area contributed by atoms with Gasteiger partial charge in [0.05, 0.1) is 5.92 Å². The molecule has 0 aromatic rings. The molecule has 6 nitrogen and oxygen atoms in total. The highest BCUT2D eigenvalue weighted by Gasteiger charge is 2.43. The van der Waals surface area contributed by atoms with Gasteiger partial charge in [0.2, 0.25) is 5.91 Å². The summed E-state index contributed by atoms with van der Waals surface area (Å²) >= 11 is 0. The first-order valence-corrected chi connectivity index (χ1v) is 14.5. The van der Waals surface area contributed by atoms with E-state index in [1.165, 1.54) is 51.4 Å². The normalized spacial score (nSPS) is 19.2. The quantitative estimate of drug-likeness (QED) is 0.100. The van der Waals surface area contributed by atoms with Crippen LogP contribution in [0.1, 0.15) is 137 Å². The van der Waals surface area contributed by atoms with Gasteiger partial charge < -0.3 is 15.2 Å². The van der Waals surface area contributed by atoms with Crippen molar-refractivity contribution in [3.63, 3.8) is 0 Å². The van der Waals surface area contributed by atoms with E-state index in [1.807, 2.05) is 13.8 Å². The molecule has 1 aliphatic heterocycles. The van der Waals surface area contributed by atoms with E-state index in [-0.39, 0.29) is 30.0 Å². The maximum atomic E-state index is 12.8. The van der Waals surface area contributed by atoms with Gasteiger partial charge in [-0.1, -0.05) is 105 Å². The van der Waals surface area contributed by atoms with Crippen molar-refractivity contribution in [2.75, 3.05) is 0 Å². The van der Waals surface area contributed by atoms with Gasteiger partial charge in [0, 0.05) is 6.42 Å². The van der Waals surface area contributed by atoms with Crippen LogP contribution in [0.3, 0.4) is 0 Å². The number of nitrogens with two attached hydrogens (primary N) is 1. The Balaban J connectivity index is 2.60. The minimum atomic E-state index is -0.922. The second-order valence-corrected chi connectivity index (χ2v) is 10.9. The first kappa shape index (κ1) is 31.4. The van der Waals surface area contributed by atoms with Gasteiger partial charge in [0.15, 0.2) is 0 Å². The lowest BCUT2D eigenvalue weighted by Crippen LogP contribution is -2.47. The van der Waals surface area contributed by atoms with E-state index in [1.54, 1.807) is 0 Å². The number of hydrogen-bond acceptors (Lipinski definition) is 5. The maximum absolute atomic E-state index is 12.8. The fourth-order valence-corrected chi connectivity index (χ4v) is 4.92. The molecule has 0 aromatic carbocycles. The molecule has 4 atom stereocenters. The van der Waals surface area contributed by atoms with Crippen LogP contribution in [0.4, 0.5) is 0 Å². The van der Waals surface area contributed by atoms with Crippen LogP contribution in [0.25, 0.3) is 0 Å². The minimum absolute atomic E-state index is 0.0984. The second kappa shape index (κ2) is 18.6. The number of unbranched alkanes of at least 4 members (excludes halogenated alkanes) is 11. The number of primary amides is 1. The Morgan fingerprint density at radius 3 is 1.94 bits per heavy atom. The molecule has 1 saturated heterocycles. The first-order valence-electron chi connectivity index (χ1n) is 14.5. The Hall–Kier alpha value is -1.59. The van der Waals surface area contributed by atoms with Crippen LogP contribution in [0.2, 0.25) is 0 Å². The highest BCUT2D eigenvalue weighted by Crippen LogP contribution is 2.33. The Labute approximate surface area is 214 Å². The zero-order valence-corrected chi connectivity index (χ0v) is 23.0. The van der Waals surface area contributed by atoms with Crippen LogP contribution in [-0.2, 0) is 23.9 Å². The molecule has 35 heavy (non-hydrogen) atoms. The van der Waals surface area contributed by atoms with Crippen LogP contribution in [0.15, 0.2) is 0 Å². The van der Waals surface area contributed by atoms with Crippen molar-refractivity contribution in [3.05, 3.63) is 0 Å². The Bertz CT molecular complexity index is 606. The number of esters is 2. The van der Waals surface area contributed by atoms with E-state index < -0.39 is 17.8 Å². The predicted octanol–water partition coefficient (Wildman–Crippen LogP) is 6.87. The van der Waals surface area contributed by atoms with Gasteiger partial charge in [-0.25, -0.2) is 0 Å². The maximum Gasteiger partial charge on any atom is 0.318 e. The first-order chi connectivity index (χ1) is 16.8. The van der Waals surface area contributed by atoms with Gasteiger partial charge in [-0.05, 0) is 31.6 Å². The van der Waals surface area contributed by atoms with Crippen molar-refractivity contribution in [1.82, 2.24) is 0 Å². The van der Waals surface area contributed by atoms with E-state index >= 15 is 0 Å². The molecule has 0 spiro atoms. The molecule has 1 heterocycles. The SMILES string of the molecule is CCCCCCCCCCC[C@@H](C[C@@H]1OC(=O)[C@H]1CCCCCC)OC(=O)C(CC(C)C)C(N)=O. The third kappa shape index (κ3) is 13.3. The Morgan fingerprint density at radius 1 is 0.886 bits per heavy atom. The number of carbonyl (C=O) groups excluding carboxylic acids is 3. The van der Waals surface area contributed by atoms with Gasteiger partial charge in [-0.2, -0.15) is 0 Å². The zero-order chi connectivity index (χ0) is 26.1. The molecule has 0 aliphatic carbocycles. The van der Waals surface area contributed by atoms with Crippen LogP contribution < -0.4 is 5.73 Å². The van der Waals surface area contributed by atoms with Crippen molar-refractivity contribution < 1.29 is 23.9 Å². The number of rotatable bonds is 22. The molecule has 0 saturated carbocycles. The number of cyclic esters (lactones) is 1. The lowest BCUT2D eigenvalue weighted by Gasteiger charge is -2.37.